The van der Waals surface area contributed by atoms with Crippen molar-refractivity contribution in [3.05, 3.63) is 89.0 Å². The van der Waals surface area contributed by atoms with Gasteiger partial charge < -0.3 is 20.3 Å². The number of carbonyl (C=O) groups is 2. The molecule has 2 aromatic carbocycles. The summed E-state index contributed by atoms with van der Waals surface area (Å²) in [5.41, 5.74) is 2.70. The Morgan fingerprint density at radius 1 is 1.23 bits per heavy atom. The van der Waals surface area contributed by atoms with Crippen molar-refractivity contribution in [1.29, 1.82) is 0 Å². The molecule has 0 bridgehead atoms. The van der Waals surface area contributed by atoms with Gasteiger partial charge >= 0.3 is 0 Å². The molecule has 0 fully saturated rings. The number of nitrogens with zero attached hydrogens (tertiary/aromatic N) is 2. The number of anilines is 1. The maximum atomic E-state index is 13.2. The second-order valence-corrected chi connectivity index (χ2v) is 7.13. The van der Waals surface area contributed by atoms with Crippen molar-refractivity contribution in [2.45, 2.75) is 12.7 Å². The molecule has 1 atom stereocenters. The molecule has 2 heterocycles. The maximum absolute atomic E-state index is 13.2. The van der Waals surface area contributed by atoms with Crippen molar-refractivity contribution in [3.8, 4) is 5.75 Å². The summed E-state index contributed by atoms with van der Waals surface area (Å²) in [6.07, 6.45) is 2.97. The van der Waals surface area contributed by atoms with E-state index in [1.54, 1.807) is 54.7 Å². The van der Waals surface area contributed by atoms with Gasteiger partial charge in [0, 0.05) is 31.5 Å². The highest BCUT2D eigenvalue weighted by Crippen LogP contribution is 2.38. The molecule has 7 nitrogen and oxygen atoms in total. The van der Waals surface area contributed by atoms with Crippen LogP contribution in [0.4, 0.5) is 10.1 Å². The van der Waals surface area contributed by atoms with Gasteiger partial charge in [-0.25, -0.2) is 4.39 Å². The van der Waals surface area contributed by atoms with E-state index in [9.17, 15) is 14.0 Å². The minimum absolute atomic E-state index is 0.197. The van der Waals surface area contributed by atoms with Crippen LogP contribution in [0.25, 0.3) is 0 Å². The molecule has 0 aliphatic carbocycles. The number of hydrogen-bond donors (Lipinski definition) is 2. The van der Waals surface area contributed by atoms with Gasteiger partial charge in [0.1, 0.15) is 23.3 Å². The van der Waals surface area contributed by atoms with Gasteiger partial charge in [0.15, 0.2) is 0 Å². The molecule has 8 heteroatoms. The SMILES string of the molecule is COc1c(C(=O)NCc2ccc(F)cc2)ccc2c1C(=O)N(C)C(c1cccnc1)N2. The van der Waals surface area contributed by atoms with E-state index in [1.165, 1.54) is 19.2 Å². The maximum Gasteiger partial charge on any atom is 0.261 e. The van der Waals surface area contributed by atoms with Crippen molar-refractivity contribution >= 4 is 17.5 Å². The van der Waals surface area contributed by atoms with Crippen LogP contribution in [-0.4, -0.2) is 35.9 Å². The molecular weight excluding hydrogens is 399 g/mol. The van der Waals surface area contributed by atoms with Crippen LogP contribution in [0, 0.1) is 5.82 Å². The largest absolute Gasteiger partial charge is 0.495 e. The quantitative estimate of drug-likeness (QED) is 0.661. The summed E-state index contributed by atoms with van der Waals surface area (Å²) in [6.45, 7) is 0.217. The second kappa shape index (κ2) is 8.43. The van der Waals surface area contributed by atoms with Crippen LogP contribution in [0.5, 0.6) is 5.75 Å². The molecule has 31 heavy (non-hydrogen) atoms. The van der Waals surface area contributed by atoms with Crippen LogP contribution in [0.1, 0.15) is 38.0 Å². The molecule has 158 valence electrons. The Hall–Kier alpha value is -3.94. The number of methoxy groups -OCH3 is 1. The minimum Gasteiger partial charge on any atom is -0.495 e. The zero-order valence-electron chi connectivity index (χ0n) is 17.1. The van der Waals surface area contributed by atoms with Crippen LogP contribution in [0.15, 0.2) is 60.9 Å². The minimum atomic E-state index is -0.395. The van der Waals surface area contributed by atoms with Gasteiger partial charge in [-0.1, -0.05) is 18.2 Å². The number of amides is 2. The Morgan fingerprint density at radius 2 is 2.00 bits per heavy atom. The Kier molecular flexibility index (Phi) is 5.53. The highest BCUT2D eigenvalue weighted by atomic mass is 19.1. The number of halogens is 1. The Labute approximate surface area is 178 Å². The normalized spacial score (nSPS) is 15.1. The van der Waals surface area contributed by atoms with E-state index in [-0.39, 0.29) is 29.6 Å². The first-order valence-electron chi connectivity index (χ1n) is 9.67. The van der Waals surface area contributed by atoms with Gasteiger partial charge in [0.05, 0.1) is 18.4 Å². The van der Waals surface area contributed by atoms with Crippen LogP contribution < -0.4 is 15.4 Å². The molecule has 2 N–H and O–H groups in total. The van der Waals surface area contributed by atoms with Crippen LogP contribution in [0.3, 0.4) is 0 Å². The van der Waals surface area contributed by atoms with Gasteiger partial charge in [-0.3, -0.25) is 14.6 Å². The van der Waals surface area contributed by atoms with E-state index in [4.69, 9.17) is 4.74 Å². The van der Waals surface area contributed by atoms with E-state index in [2.05, 4.69) is 15.6 Å². The molecule has 0 saturated heterocycles. The number of nitrogens with one attached hydrogen (secondary N) is 2. The molecule has 1 aliphatic heterocycles. The third kappa shape index (κ3) is 3.92. The smallest absolute Gasteiger partial charge is 0.261 e. The summed E-state index contributed by atoms with van der Waals surface area (Å²) >= 11 is 0. The van der Waals surface area contributed by atoms with Gasteiger partial charge in [-0.15, -0.1) is 0 Å². The lowest BCUT2D eigenvalue weighted by molar-refractivity contribution is 0.0731. The number of pyridine rings is 1. The molecule has 0 saturated carbocycles. The van der Waals surface area contributed by atoms with E-state index in [0.29, 0.717) is 11.3 Å². The Bertz CT molecular complexity index is 1120. The highest BCUT2D eigenvalue weighted by molar-refractivity contribution is 6.09. The van der Waals surface area contributed by atoms with Crippen molar-refractivity contribution in [2.24, 2.45) is 0 Å². The third-order valence-corrected chi connectivity index (χ3v) is 5.19. The topological polar surface area (TPSA) is 83.6 Å². The first kappa shape index (κ1) is 20.3. The molecule has 0 spiro atoms. The Balaban J connectivity index is 1.62. The predicted molar refractivity (Wildman–Crippen MR) is 113 cm³/mol. The average molecular weight is 420 g/mol. The molecule has 1 unspecified atom stereocenters. The summed E-state index contributed by atoms with van der Waals surface area (Å²) in [6, 6.07) is 12.9. The molecule has 3 aromatic rings. The summed E-state index contributed by atoms with van der Waals surface area (Å²) < 4.78 is 18.5. The molecule has 1 aliphatic rings. The van der Waals surface area contributed by atoms with Crippen molar-refractivity contribution in [2.75, 3.05) is 19.5 Å². The van der Waals surface area contributed by atoms with Gasteiger partial charge in [0.2, 0.25) is 0 Å². The third-order valence-electron chi connectivity index (χ3n) is 5.19. The van der Waals surface area contributed by atoms with E-state index >= 15 is 0 Å². The molecule has 1 aromatic heterocycles. The fraction of sp³-hybridized carbons (Fsp3) is 0.174. The lowest BCUT2D eigenvalue weighted by Crippen LogP contribution is -2.40. The lowest BCUT2D eigenvalue weighted by Gasteiger charge is -2.36. The zero-order valence-corrected chi connectivity index (χ0v) is 17.1. The number of ether oxygens (including phenoxy) is 1. The summed E-state index contributed by atoms with van der Waals surface area (Å²) in [4.78, 5) is 31.7. The Morgan fingerprint density at radius 3 is 2.68 bits per heavy atom. The number of rotatable bonds is 5. The van der Waals surface area contributed by atoms with Crippen LogP contribution in [0.2, 0.25) is 0 Å². The summed E-state index contributed by atoms with van der Waals surface area (Å²) in [5, 5.41) is 6.10. The monoisotopic (exact) mass is 420 g/mol. The van der Waals surface area contributed by atoms with Crippen molar-refractivity contribution < 1.29 is 18.7 Å². The standard InChI is InChI=1S/C23H21FN4O3/c1-28-21(15-4-3-11-25-13-15)27-18-10-9-17(20(31-2)19(18)23(28)30)22(29)26-12-14-5-7-16(24)8-6-14/h3-11,13,21,27H,12H2,1-2H3,(H,26,29). The van der Waals surface area contributed by atoms with Crippen molar-refractivity contribution in [3.63, 3.8) is 0 Å². The molecule has 4 rings (SSSR count). The zero-order chi connectivity index (χ0) is 22.0. The lowest BCUT2D eigenvalue weighted by atomic mass is 10.00. The van der Waals surface area contributed by atoms with Crippen molar-refractivity contribution in [1.82, 2.24) is 15.2 Å². The highest BCUT2D eigenvalue weighted by Gasteiger charge is 2.34. The summed E-state index contributed by atoms with van der Waals surface area (Å²) in [7, 11) is 3.10. The first-order valence-corrected chi connectivity index (χ1v) is 9.67. The predicted octanol–water partition coefficient (Wildman–Crippen LogP) is 3.36. The fourth-order valence-electron chi connectivity index (χ4n) is 3.57. The second-order valence-electron chi connectivity index (χ2n) is 7.13. The van der Waals surface area contributed by atoms with Gasteiger partial charge in [0.25, 0.3) is 11.8 Å². The molecule has 0 radical (unpaired) electrons. The van der Waals surface area contributed by atoms with E-state index in [0.717, 1.165) is 11.1 Å². The van der Waals surface area contributed by atoms with Gasteiger partial charge in [-0.05, 0) is 35.9 Å². The number of hydrogen-bond acceptors (Lipinski definition) is 5. The number of carbonyl (C=O) groups excluding carboxylic acids is 2. The van der Waals surface area contributed by atoms with E-state index < -0.39 is 12.1 Å². The number of benzene rings is 2. The number of aromatic nitrogens is 1. The first-order chi connectivity index (χ1) is 15.0. The molecule has 2 amide bonds. The average Bonchev–Trinajstić information content (AvgIpc) is 2.80. The van der Waals surface area contributed by atoms with E-state index in [1.807, 2.05) is 6.07 Å². The fourth-order valence-corrected chi connectivity index (χ4v) is 3.57. The summed E-state index contributed by atoms with van der Waals surface area (Å²) in [5.74, 6) is -0.810. The number of fused-ring (bicyclic) bond motifs is 1. The molecular formula is C23H21FN4O3. The van der Waals surface area contributed by atoms with Gasteiger partial charge in [-0.2, -0.15) is 0 Å². The van der Waals surface area contributed by atoms with Crippen LogP contribution in [-0.2, 0) is 6.54 Å². The van der Waals surface area contributed by atoms with Crippen LogP contribution >= 0.6 is 0 Å².